The molecule has 0 spiro atoms. The highest BCUT2D eigenvalue weighted by molar-refractivity contribution is 8.00. The van der Waals surface area contributed by atoms with Crippen LogP contribution in [0.15, 0.2) is 29.2 Å². The summed E-state index contributed by atoms with van der Waals surface area (Å²) in [6, 6.07) is 6.76. The Hall–Kier alpha value is -0.720. The predicted molar refractivity (Wildman–Crippen MR) is 88.0 cm³/mol. The van der Waals surface area contributed by atoms with Crippen LogP contribution in [0.1, 0.15) is 26.7 Å². The molecule has 0 amide bonds. The molecule has 4 nitrogen and oxygen atoms in total. The maximum Gasteiger partial charge on any atom is 0.240 e. The van der Waals surface area contributed by atoms with Crippen molar-refractivity contribution in [2.75, 3.05) is 25.2 Å². The number of benzene rings is 1. The normalized spacial score (nSPS) is 12.4. The SMILES string of the molecule is CCC(CC)(CNS(=O)(=O)c1ccc(NC)cc1)SC. The fourth-order valence-corrected chi connectivity index (χ4v) is 3.98. The molecule has 1 aromatic rings. The fraction of sp³-hybridized carbons (Fsp3) is 0.571. The largest absolute Gasteiger partial charge is 0.388 e. The van der Waals surface area contributed by atoms with Crippen LogP contribution >= 0.6 is 11.8 Å². The number of rotatable bonds is 8. The molecular formula is C14H24N2O2S2. The highest BCUT2D eigenvalue weighted by Gasteiger charge is 2.27. The Kier molecular flexibility index (Phi) is 6.36. The van der Waals surface area contributed by atoms with Gasteiger partial charge in [0.05, 0.1) is 4.90 Å². The molecule has 0 radical (unpaired) electrons. The van der Waals surface area contributed by atoms with Crippen LogP contribution in [0.2, 0.25) is 0 Å². The lowest BCUT2D eigenvalue weighted by atomic mass is 10.0. The van der Waals surface area contributed by atoms with Gasteiger partial charge in [0.2, 0.25) is 10.0 Å². The Bertz CT molecular complexity index is 500. The topological polar surface area (TPSA) is 58.2 Å². The molecule has 0 aliphatic rings. The molecule has 0 saturated heterocycles. The molecule has 0 heterocycles. The van der Waals surface area contributed by atoms with Crippen LogP contribution in [0.25, 0.3) is 0 Å². The minimum absolute atomic E-state index is 0.0298. The van der Waals surface area contributed by atoms with Crippen LogP contribution in [0.3, 0.4) is 0 Å². The van der Waals surface area contributed by atoms with Gasteiger partial charge >= 0.3 is 0 Å². The number of nitrogens with one attached hydrogen (secondary N) is 2. The molecule has 20 heavy (non-hydrogen) atoms. The van der Waals surface area contributed by atoms with Gasteiger partial charge in [-0.05, 0) is 43.4 Å². The van der Waals surface area contributed by atoms with Gasteiger partial charge in [0.25, 0.3) is 0 Å². The Morgan fingerprint density at radius 1 is 1.15 bits per heavy atom. The molecule has 0 fully saturated rings. The van der Waals surface area contributed by atoms with E-state index in [2.05, 4.69) is 23.9 Å². The van der Waals surface area contributed by atoms with E-state index in [9.17, 15) is 8.42 Å². The molecule has 0 aromatic heterocycles. The van der Waals surface area contributed by atoms with E-state index in [-0.39, 0.29) is 4.75 Å². The van der Waals surface area contributed by atoms with E-state index in [0.29, 0.717) is 11.4 Å². The second-order valence-electron chi connectivity index (χ2n) is 4.69. The molecule has 1 rings (SSSR count). The lowest BCUT2D eigenvalue weighted by Crippen LogP contribution is -2.39. The molecule has 0 aliphatic heterocycles. The molecule has 0 unspecified atom stereocenters. The zero-order valence-corrected chi connectivity index (χ0v) is 14.2. The zero-order chi connectivity index (χ0) is 15.2. The van der Waals surface area contributed by atoms with E-state index in [1.165, 1.54) is 0 Å². The van der Waals surface area contributed by atoms with Crippen LogP contribution in [0.4, 0.5) is 5.69 Å². The monoisotopic (exact) mass is 316 g/mol. The van der Waals surface area contributed by atoms with Gasteiger partial charge in [-0.15, -0.1) is 0 Å². The molecule has 0 aliphatic carbocycles. The summed E-state index contributed by atoms with van der Waals surface area (Å²) in [7, 11) is -1.64. The lowest BCUT2D eigenvalue weighted by Gasteiger charge is -2.29. The first-order valence-electron chi connectivity index (χ1n) is 6.75. The lowest BCUT2D eigenvalue weighted by molar-refractivity contribution is 0.522. The van der Waals surface area contributed by atoms with Crippen LogP contribution in [0, 0.1) is 0 Å². The quantitative estimate of drug-likeness (QED) is 0.774. The van der Waals surface area contributed by atoms with E-state index in [4.69, 9.17) is 0 Å². The van der Waals surface area contributed by atoms with Crippen LogP contribution in [-0.2, 0) is 10.0 Å². The third kappa shape index (κ3) is 4.14. The van der Waals surface area contributed by atoms with Gasteiger partial charge in [-0.3, -0.25) is 0 Å². The number of thioether (sulfide) groups is 1. The van der Waals surface area contributed by atoms with Crippen molar-refractivity contribution >= 4 is 27.5 Å². The van der Waals surface area contributed by atoms with Gasteiger partial charge in [-0.25, -0.2) is 13.1 Å². The standard InChI is InChI=1S/C14H24N2O2S2/c1-5-14(6-2,19-4)11-16-20(17,18)13-9-7-12(15-3)8-10-13/h7-10,15-16H,5-6,11H2,1-4H3. The Morgan fingerprint density at radius 3 is 2.10 bits per heavy atom. The Balaban J connectivity index is 2.84. The summed E-state index contributed by atoms with van der Waals surface area (Å²) in [6.07, 6.45) is 3.90. The van der Waals surface area contributed by atoms with Crippen LogP contribution in [0.5, 0.6) is 0 Å². The second-order valence-corrected chi connectivity index (χ2v) is 7.73. The minimum Gasteiger partial charge on any atom is -0.388 e. The van der Waals surface area contributed by atoms with Crippen molar-refractivity contribution < 1.29 is 8.42 Å². The number of hydrogen-bond donors (Lipinski definition) is 2. The van der Waals surface area contributed by atoms with Crippen LogP contribution in [-0.4, -0.2) is 33.0 Å². The number of sulfonamides is 1. The average molecular weight is 316 g/mol. The van der Waals surface area contributed by atoms with Crippen molar-refractivity contribution in [2.45, 2.75) is 36.3 Å². The summed E-state index contributed by atoms with van der Waals surface area (Å²) in [5.74, 6) is 0. The summed E-state index contributed by atoms with van der Waals surface area (Å²) in [5.41, 5.74) is 0.893. The van der Waals surface area contributed by atoms with Crippen molar-refractivity contribution in [2.24, 2.45) is 0 Å². The zero-order valence-electron chi connectivity index (χ0n) is 12.6. The van der Waals surface area contributed by atoms with E-state index in [1.807, 2.05) is 6.26 Å². The third-order valence-corrected chi connectivity index (χ3v) is 6.76. The first kappa shape index (κ1) is 17.3. The highest BCUT2D eigenvalue weighted by atomic mass is 32.2. The molecule has 0 bridgehead atoms. The van der Waals surface area contributed by atoms with Crippen LogP contribution < -0.4 is 10.0 Å². The molecule has 0 atom stereocenters. The number of anilines is 1. The number of hydrogen-bond acceptors (Lipinski definition) is 4. The third-order valence-electron chi connectivity index (χ3n) is 3.76. The van der Waals surface area contributed by atoms with Gasteiger partial charge in [0.15, 0.2) is 0 Å². The van der Waals surface area contributed by atoms with Crippen molar-refractivity contribution in [3.05, 3.63) is 24.3 Å². The van der Waals surface area contributed by atoms with Gasteiger partial charge in [0, 0.05) is 24.0 Å². The molecular weight excluding hydrogens is 292 g/mol. The smallest absolute Gasteiger partial charge is 0.240 e. The first-order chi connectivity index (χ1) is 9.43. The molecule has 2 N–H and O–H groups in total. The van der Waals surface area contributed by atoms with E-state index in [0.717, 1.165) is 18.5 Å². The predicted octanol–water partition coefficient (Wildman–Crippen LogP) is 2.93. The van der Waals surface area contributed by atoms with Crippen molar-refractivity contribution in [3.8, 4) is 0 Å². The molecule has 6 heteroatoms. The maximum absolute atomic E-state index is 12.3. The Morgan fingerprint density at radius 2 is 1.70 bits per heavy atom. The second kappa shape index (κ2) is 7.33. The first-order valence-corrected chi connectivity index (χ1v) is 9.46. The van der Waals surface area contributed by atoms with Gasteiger partial charge < -0.3 is 5.32 Å². The molecule has 1 aromatic carbocycles. The molecule has 0 saturated carbocycles. The van der Waals surface area contributed by atoms with E-state index in [1.54, 1.807) is 43.1 Å². The summed E-state index contributed by atoms with van der Waals surface area (Å²) in [5, 5.41) is 2.97. The maximum atomic E-state index is 12.3. The Labute approximate surface area is 126 Å². The van der Waals surface area contributed by atoms with Crippen molar-refractivity contribution in [1.29, 1.82) is 0 Å². The fourth-order valence-electron chi connectivity index (χ4n) is 1.97. The van der Waals surface area contributed by atoms with Crippen molar-refractivity contribution in [1.82, 2.24) is 4.72 Å². The van der Waals surface area contributed by atoms with Gasteiger partial charge in [0.1, 0.15) is 0 Å². The van der Waals surface area contributed by atoms with E-state index >= 15 is 0 Å². The summed E-state index contributed by atoms with van der Waals surface area (Å²) >= 11 is 1.72. The van der Waals surface area contributed by atoms with Gasteiger partial charge in [-0.2, -0.15) is 11.8 Å². The average Bonchev–Trinajstić information content (AvgIpc) is 2.49. The highest BCUT2D eigenvalue weighted by Crippen LogP contribution is 2.30. The minimum atomic E-state index is -3.44. The summed E-state index contributed by atoms with van der Waals surface area (Å²) in [4.78, 5) is 0.304. The van der Waals surface area contributed by atoms with E-state index < -0.39 is 10.0 Å². The van der Waals surface area contributed by atoms with Gasteiger partial charge in [-0.1, -0.05) is 13.8 Å². The van der Waals surface area contributed by atoms with Crippen molar-refractivity contribution in [3.63, 3.8) is 0 Å². The summed E-state index contributed by atoms with van der Waals surface area (Å²) < 4.78 is 27.3. The summed E-state index contributed by atoms with van der Waals surface area (Å²) in [6.45, 7) is 4.64. The molecule has 114 valence electrons.